The van der Waals surface area contributed by atoms with Crippen LogP contribution in [0.15, 0.2) is 58.3 Å². The van der Waals surface area contributed by atoms with Crippen LogP contribution in [0.1, 0.15) is 16.1 Å². The van der Waals surface area contributed by atoms with Gasteiger partial charge in [-0.05, 0) is 42.5 Å². The lowest BCUT2D eigenvalue weighted by Crippen LogP contribution is -2.36. The largest absolute Gasteiger partial charge is 0.378 e. The highest BCUT2D eigenvalue weighted by atomic mass is 35.5. The molecule has 0 bridgehead atoms. The molecule has 0 saturated carbocycles. The average Bonchev–Trinajstić information content (AvgIpc) is 3.27. The van der Waals surface area contributed by atoms with E-state index in [1.54, 1.807) is 29.2 Å². The normalized spacial score (nSPS) is 14.0. The third-order valence-electron chi connectivity index (χ3n) is 4.55. The second-order valence-corrected chi connectivity index (χ2v) is 8.71. The van der Waals surface area contributed by atoms with Gasteiger partial charge in [-0.25, -0.2) is 4.98 Å². The van der Waals surface area contributed by atoms with E-state index in [1.807, 2.05) is 47.3 Å². The van der Waals surface area contributed by atoms with Crippen molar-refractivity contribution < 1.29 is 9.53 Å². The minimum atomic E-state index is -0.155. The van der Waals surface area contributed by atoms with Gasteiger partial charge in [0.25, 0.3) is 5.91 Å². The van der Waals surface area contributed by atoms with Crippen molar-refractivity contribution in [2.24, 2.45) is 0 Å². The Morgan fingerprint density at radius 1 is 1.21 bits per heavy atom. The molecule has 0 radical (unpaired) electrons. The quantitative estimate of drug-likeness (QED) is 0.530. The topological polar surface area (TPSA) is 54.5 Å². The van der Waals surface area contributed by atoms with Crippen molar-refractivity contribution in [2.45, 2.75) is 10.6 Å². The molecule has 3 aromatic rings. The molecule has 0 unspecified atom stereocenters. The molecule has 0 atom stereocenters. The predicted molar refractivity (Wildman–Crippen MR) is 121 cm³/mol. The van der Waals surface area contributed by atoms with Crippen LogP contribution in [-0.4, -0.2) is 37.2 Å². The second kappa shape index (κ2) is 9.63. The fraction of sp³-hybridized carbons (Fsp3) is 0.238. The summed E-state index contributed by atoms with van der Waals surface area (Å²) in [5, 5.41) is 5.65. The summed E-state index contributed by atoms with van der Waals surface area (Å²) in [5.74, 6) is 0.665. The van der Waals surface area contributed by atoms with E-state index in [1.165, 1.54) is 0 Å². The first-order valence-corrected chi connectivity index (χ1v) is 11.5. The summed E-state index contributed by atoms with van der Waals surface area (Å²) in [7, 11) is 0. The van der Waals surface area contributed by atoms with Gasteiger partial charge in [-0.3, -0.25) is 4.79 Å². The molecule has 1 saturated heterocycles. The van der Waals surface area contributed by atoms with Gasteiger partial charge in [0.1, 0.15) is 0 Å². The maximum atomic E-state index is 12.8. The van der Waals surface area contributed by atoms with Gasteiger partial charge < -0.3 is 15.0 Å². The van der Waals surface area contributed by atoms with Crippen molar-refractivity contribution in [3.8, 4) is 0 Å². The minimum absolute atomic E-state index is 0.155. The number of morpholine rings is 1. The van der Waals surface area contributed by atoms with E-state index in [0.29, 0.717) is 29.5 Å². The monoisotopic (exact) mass is 445 g/mol. The summed E-state index contributed by atoms with van der Waals surface area (Å²) in [5.41, 5.74) is 5.19. The van der Waals surface area contributed by atoms with Gasteiger partial charge >= 0.3 is 0 Å². The summed E-state index contributed by atoms with van der Waals surface area (Å²) in [6.07, 6.45) is 0. The van der Waals surface area contributed by atoms with Gasteiger partial charge in [0, 0.05) is 39.7 Å². The van der Waals surface area contributed by atoms with Gasteiger partial charge in [-0.1, -0.05) is 11.6 Å². The van der Waals surface area contributed by atoms with Crippen LogP contribution >= 0.6 is 34.7 Å². The number of carbonyl (C=O) groups excluding carboxylic acids is 1. The zero-order chi connectivity index (χ0) is 20.1. The Morgan fingerprint density at radius 3 is 2.72 bits per heavy atom. The summed E-state index contributed by atoms with van der Waals surface area (Å²) >= 11 is 9.48. The molecule has 4 rings (SSSR count). The fourth-order valence-corrected chi connectivity index (χ4v) is 4.69. The van der Waals surface area contributed by atoms with E-state index >= 15 is 0 Å². The van der Waals surface area contributed by atoms with Crippen molar-refractivity contribution in [3.05, 3.63) is 69.6 Å². The Balaban J connectivity index is 1.44. The molecule has 1 aliphatic heterocycles. The van der Waals surface area contributed by atoms with Crippen molar-refractivity contribution in [2.75, 3.05) is 36.5 Å². The van der Waals surface area contributed by atoms with E-state index in [-0.39, 0.29) is 5.91 Å². The summed E-state index contributed by atoms with van der Waals surface area (Å²) in [6.45, 7) is 2.93. The zero-order valence-corrected chi connectivity index (χ0v) is 18.0. The lowest BCUT2D eigenvalue weighted by Gasteiger charge is -2.30. The van der Waals surface area contributed by atoms with Crippen LogP contribution in [0.5, 0.6) is 0 Å². The molecule has 1 fully saturated rings. The predicted octanol–water partition coefficient (Wildman–Crippen LogP) is 5.18. The molecule has 0 spiro atoms. The number of hydrogen-bond acceptors (Lipinski definition) is 6. The molecule has 8 heteroatoms. The fourth-order valence-electron chi connectivity index (χ4n) is 3.05. The third kappa shape index (κ3) is 5.30. The zero-order valence-electron chi connectivity index (χ0n) is 15.6. The van der Waals surface area contributed by atoms with E-state index in [4.69, 9.17) is 16.3 Å². The first-order chi connectivity index (χ1) is 14.2. The van der Waals surface area contributed by atoms with Gasteiger partial charge in [0.15, 0.2) is 0 Å². The molecule has 29 heavy (non-hydrogen) atoms. The van der Waals surface area contributed by atoms with E-state index < -0.39 is 0 Å². The Morgan fingerprint density at radius 2 is 2.00 bits per heavy atom. The lowest BCUT2D eigenvalue weighted by atomic mass is 10.2. The molecule has 5 nitrogen and oxygen atoms in total. The average molecular weight is 446 g/mol. The number of anilines is 2. The van der Waals surface area contributed by atoms with Gasteiger partial charge in [-0.15, -0.1) is 23.1 Å². The number of halogens is 1. The number of hydrogen-bond donors (Lipinski definition) is 1. The molecular formula is C21H20ClN3O2S2. The molecule has 150 valence electrons. The molecule has 1 aromatic heterocycles. The Labute approximate surface area is 183 Å². The van der Waals surface area contributed by atoms with Crippen LogP contribution in [0.2, 0.25) is 5.02 Å². The van der Waals surface area contributed by atoms with Crippen LogP contribution in [0, 0.1) is 0 Å². The van der Waals surface area contributed by atoms with Gasteiger partial charge in [-0.2, -0.15) is 0 Å². The standard InChI is InChI=1S/C21H20ClN3O2S2/c22-16-3-6-20(25-7-9-27-10-8-25)19(11-16)24-21(26)15-1-4-18(5-2-15)29-13-17-12-28-14-23-17/h1-6,11-12,14H,7-10,13H2,(H,24,26). The number of amides is 1. The van der Waals surface area contributed by atoms with Crippen LogP contribution in [0.3, 0.4) is 0 Å². The molecule has 2 aromatic carbocycles. The Hall–Kier alpha value is -2.06. The number of benzene rings is 2. The summed E-state index contributed by atoms with van der Waals surface area (Å²) in [4.78, 5) is 20.4. The maximum absolute atomic E-state index is 12.8. The van der Waals surface area contributed by atoms with Crippen LogP contribution in [-0.2, 0) is 10.5 Å². The van der Waals surface area contributed by atoms with Crippen molar-refractivity contribution >= 4 is 52.0 Å². The minimum Gasteiger partial charge on any atom is -0.378 e. The summed E-state index contributed by atoms with van der Waals surface area (Å²) in [6, 6.07) is 13.2. The Bertz CT molecular complexity index is 959. The summed E-state index contributed by atoms with van der Waals surface area (Å²) < 4.78 is 5.43. The number of nitrogens with one attached hydrogen (secondary N) is 1. The first kappa shape index (κ1) is 20.2. The number of nitrogens with zero attached hydrogens (tertiary/aromatic N) is 2. The van der Waals surface area contributed by atoms with Crippen molar-refractivity contribution in [1.82, 2.24) is 4.98 Å². The highest BCUT2D eigenvalue weighted by Crippen LogP contribution is 2.30. The smallest absolute Gasteiger partial charge is 0.255 e. The van der Waals surface area contributed by atoms with Gasteiger partial charge in [0.05, 0.1) is 35.8 Å². The van der Waals surface area contributed by atoms with Gasteiger partial charge in [0.2, 0.25) is 0 Å². The first-order valence-electron chi connectivity index (χ1n) is 9.22. The number of aromatic nitrogens is 1. The number of thioether (sulfide) groups is 1. The van der Waals surface area contributed by atoms with E-state index in [2.05, 4.69) is 15.2 Å². The highest BCUT2D eigenvalue weighted by molar-refractivity contribution is 7.98. The molecule has 1 aliphatic rings. The maximum Gasteiger partial charge on any atom is 0.255 e. The SMILES string of the molecule is O=C(Nc1cc(Cl)ccc1N1CCOCC1)c1ccc(SCc2cscn2)cc1. The van der Waals surface area contributed by atoms with Crippen molar-refractivity contribution in [1.29, 1.82) is 0 Å². The number of carbonyl (C=O) groups is 1. The molecular weight excluding hydrogens is 426 g/mol. The van der Waals surface area contributed by atoms with Crippen LogP contribution < -0.4 is 10.2 Å². The Kier molecular flexibility index (Phi) is 6.71. The molecule has 1 N–H and O–H groups in total. The number of ether oxygens (including phenoxy) is 1. The van der Waals surface area contributed by atoms with E-state index in [0.717, 1.165) is 35.1 Å². The molecule has 1 amide bonds. The van der Waals surface area contributed by atoms with Crippen LogP contribution in [0.25, 0.3) is 0 Å². The lowest BCUT2D eigenvalue weighted by molar-refractivity contribution is 0.102. The molecule has 0 aliphatic carbocycles. The number of thiazole rings is 1. The second-order valence-electron chi connectivity index (χ2n) is 6.51. The van der Waals surface area contributed by atoms with E-state index in [9.17, 15) is 4.79 Å². The highest BCUT2D eigenvalue weighted by Gasteiger charge is 2.17. The molecule has 2 heterocycles. The van der Waals surface area contributed by atoms with Crippen molar-refractivity contribution in [3.63, 3.8) is 0 Å². The number of rotatable bonds is 6. The third-order valence-corrected chi connectivity index (χ3v) is 6.46. The van der Waals surface area contributed by atoms with Crippen LogP contribution in [0.4, 0.5) is 11.4 Å².